The molecule has 1 N–H and O–H groups in total. The lowest BCUT2D eigenvalue weighted by Crippen LogP contribution is -2.37. The van der Waals surface area contributed by atoms with E-state index in [1.807, 2.05) is 0 Å². The highest BCUT2D eigenvalue weighted by Gasteiger charge is 2.15. The molecular formula is C12H18BrN3OS. The van der Waals surface area contributed by atoms with Gasteiger partial charge in [-0.05, 0) is 28.3 Å². The van der Waals surface area contributed by atoms with Crippen molar-refractivity contribution in [3.8, 4) is 0 Å². The molecule has 2 heterocycles. The fraction of sp³-hybridized carbons (Fsp3) is 0.667. The lowest BCUT2D eigenvalue weighted by Gasteiger charge is -2.28. The van der Waals surface area contributed by atoms with Crippen LogP contribution in [0.3, 0.4) is 0 Å². The van der Waals surface area contributed by atoms with Crippen LogP contribution >= 0.6 is 28.1 Å². The van der Waals surface area contributed by atoms with Gasteiger partial charge < -0.3 is 14.6 Å². The number of halogens is 1. The second-order valence-corrected chi connectivity index (χ2v) is 6.04. The van der Waals surface area contributed by atoms with Gasteiger partial charge in [0.1, 0.15) is 4.64 Å². The molecular weight excluding hydrogens is 314 g/mol. The van der Waals surface area contributed by atoms with E-state index in [1.54, 1.807) is 0 Å². The normalized spacial score (nSPS) is 16.3. The predicted octanol–water partition coefficient (Wildman–Crippen LogP) is 2.94. The van der Waals surface area contributed by atoms with E-state index in [0.29, 0.717) is 10.6 Å². The minimum absolute atomic E-state index is 0.576. The van der Waals surface area contributed by atoms with E-state index < -0.39 is 0 Å². The molecule has 100 valence electrons. The number of ether oxygens (including phenoxy) is 1. The standard InChI is InChI=1S/C12H18BrN3OS/c1-8(2)7-9-10(13)11(18)15-12(14-9)16-3-5-17-6-4-16/h8H,3-7H2,1-2H3,(H,14,15,18). The Balaban J connectivity index is 2.30. The third-order valence-electron chi connectivity index (χ3n) is 2.85. The number of aromatic nitrogens is 2. The Morgan fingerprint density at radius 1 is 1.44 bits per heavy atom. The van der Waals surface area contributed by atoms with Gasteiger partial charge in [-0.2, -0.15) is 0 Å². The number of hydrogen-bond donors (Lipinski definition) is 1. The highest BCUT2D eigenvalue weighted by molar-refractivity contribution is 9.10. The van der Waals surface area contributed by atoms with Gasteiger partial charge in [0.05, 0.1) is 17.7 Å². The van der Waals surface area contributed by atoms with E-state index in [-0.39, 0.29) is 0 Å². The minimum atomic E-state index is 0.576. The summed E-state index contributed by atoms with van der Waals surface area (Å²) < 4.78 is 6.90. The van der Waals surface area contributed by atoms with Crippen molar-refractivity contribution in [1.82, 2.24) is 9.97 Å². The molecule has 6 heteroatoms. The average molecular weight is 332 g/mol. The monoisotopic (exact) mass is 331 g/mol. The molecule has 1 fully saturated rings. The molecule has 0 aliphatic carbocycles. The van der Waals surface area contributed by atoms with Crippen LogP contribution in [0.2, 0.25) is 0 Å². The number of H-pyrrole nitrogens is 1. The first-order valence-corrected chi connectivity index (χ1v) is 7.39. The molecule has 2 rings (SSSR count). The van der Waals surface area contributed by atoms with E-state index in [2.05, 4.69) is 44.6 Å². The van der Waals surface area contributed by atoms with Crippen molar-refractivity contribution in [2.75, 3.05) is 31.2 Å². The molecule has 0 radical (unpaired) electrons. The molecule has 4 nitrogen and oxygen atoms in total. The zero-order valence-electron chi connectivity index (χ0n) is 10.7. The van der Waals surface area contributed by atoms with Crippen molar-refractivity contribution in [3.05, 3.63) is 14.8 Å². The number of nitrogens with one attached hydrogen (secondary N) is 1. The molecule has 0 aromatic carbocycles. The van der Waals surface area contributed by atoms with Crippen molar-refractivity contribution < 1.29 is 4.74 Å². The maximum absolute atomic E-state index is 5.35. The SMILES string of the molecule is CC(C)Cc1[nH]c(N2CCOCC2)nc(=S)c1Br. The summed E-state index contributed by atoms with van der Waals surface area (Å²) in [6, 6.07) is 0. The van der Waals surface area contributed by atoms with Crippen LogP contribution in [0.25, 0.3) is 0 Å². The van der Waals surface area contributed by atoms with Crippen LogP contribution in [0.4, 0.5) is 5.95 Å². The Hall–Kier alpha value is -0.460. The van der Waals surface area contributed by atoms with Crippen LogP contribution in [0.1, 0.15) is 19.5 Å². The maximum atomic E-state index is 5.35. The molecule has 1 saturated heterocycles. The molecule has 1 aliphatic heterocycles. The van der Waals surface area contributed by atoms with Crippen LogP contribution in [0.5, 0.6) is 0 Å². The summed E-state index contributed by atoms with van der Waals surface area (Å²) in [6.45, 7) is 7.61. The largest absolute Gasteiger partial charge is 0.378 e. The molecule has 0 unspecified atom stereocenters. The lowest BCUT2D eigenvalue weighted by atomic mass is 10.1. The predicted molar refractivity (Wildman–Crippen MR) is 78.7 cm³/mol. The van der Waals surface area contributed by atoms with Gasteiger partial charge in [-0.25, -0.2) is 4.98 Å². The number of morpholine rings is 1. The van der Waals surface area contributed by atoms with Gasteiger partial charge in [0.2, 0.25) is 5.95 Å². The summed E-state index contributed by atoms with van der Waals surface area (Å²) in [7, 11) is 0. The third kappa shape index (κ3) is 3.30. The topological polar surface area (TPSA) is 41.2 Å². The van der Waals surface area contributed by atoms with E-state index in [9.17, 15) is 0 Å². The Bertz CT molecular complexity index is 469. The number of anilines is 1. The van der Waals surface area contributed by atoms with Crippen LogP contribution < -0.4 is 4.90 Å². The number of aromatic amines is 1. The fourth-order valence-electron chi connectivity index (χ4n) is 1.97. The first kappa shape index (κ1) is 14.0. The quantitative estimate of drug-likeness (QED) is 0.864. The molecule has 1 aliphatic rings. The van der Waals surface area contributed by atoms with Gasteiger partial charge in [0.15, 0.2) is 0 Å². The third-order valence-corrected chi connectivity index (χ3v) is 4.26. The first-order chi connectivity index (χ1) is 8.58. The van der Waals surface area contributed by atoms with Crippen LogP contribution in [-0.4, -0.2) is 36.3 Å². The number of hydrogen-bond acceptors (Lipinski definition) is 4. The van der Waals surface area contributed by atoms with E-state index in [4.69, 9.17) is 17.0 Å². The highest BCUT2D eigenvalue weighted by atomic mass is 79.9. The zero-order chi connectivity index (χ0) is 13.1. The van der Waals surface area contributed by atoms with Gasteiger partial charge in [-0.3, -0.25) is 0 Å². The Labute approximate surface area is 121 Å². The van der Waals surface area contributed by atoms with Gasteiger partial charge in [-0.1, -0.05) is 26.1 Å². The van der Waals surface area contributed by atoms with Crippen molar-refractivity contribution in [2.45, 2.75) is 20.3 Å². The number of nitrogens with zero attached hydrogens (tertiary/aromatic N) is 2. The molecule has 1 aromatic rings. The van der Waals surface area contributed by atoms with Crippen molar-refractivity contribution >= 4 is 34.1 Å². The lowest BCUT2D eigenvalue weighted by molar-refractivity contribution is 0.122. The van der Waals surface area contributed by atoms with E-state index in [0.717, 1.165) is 48.8 Å². The van der Waals surface area contributed by atoms with Gasteiger partial charge >= 0.3 is 0 Å². The van der Waals surface area contributed by atoms with Gasteiger partial charge in [0.25, 0.3) is 0 Å². The minimum Gasteiger partial charge on any atom is -0.378 e. The molecule has 0 spiro atoms. The van der Waals surface area contributed by atoms with Crippen LogP contribution in [-0.2, 0) is 11.2 Å². The van der Waals surface area contributed by atoms with Gasteiger partial charge in [0, 0.05) is 18.8 Å². The zero-order valence-corrected chi connectivity index (χ0v) is 13.1. The first-order valence-electron chi connectivity index (χ1n) is 6.19. The molecule has 0 amide bonds. The smallest absolute Gasteiger partial charge is 0.204 e. The van der Waals surface area contributed by atoms with Crippen LogP contribution in [0.15, 0.2) is 4.47 Å². The van der Waals surface area contributed by atoms with Crippen LogP contribution in [0, 0.1) is 10.6 Å². The maximum Gasteiger partial charge on any atom is 0.204 e. The molecule has 18 heavy (non-hydrogen) atoms. The van der Waals surface area contributed by atoms with Crippen molar-refractivity contribution in [1.29, 1.82) is 0 Å². The second-order valence-electron chi connectivity index (χ2n) is 4.86. The highest BCUT2D eigenvalue weighted by Crippen LogP contribution is 2.22. The van der Waals surface area contributed by atoms with Crippen molar-refractivity contribution in [3.63, 3.8) is 0 Å². The van der Waals surface area contributed by atoms with E-state index in [1.165, 1.54) is 0 Å². The summed E-state index contributed by atoms with van der Waals surface area (Å²) in [4.78, 5) is 10.0. The Kier molecular flexibility index (Phi) is 4.75. The Morgan fingerprint density at radius 3 is 2.72 bits per heavy atom. The summed E-state index contributed by atoms with van der Waals surface area (Å²) in [5, 5.41) is 0. The summed E-state index contributed by atoms with van der Waals surface area (Å²) in [6.07, 6.45) is 0.962. The molecule has 1 aromatic heterocycles. The molecule has 0 atom stereocenters. The summed E-state index contributed by atoms with van der Waals surface area (Å²) >= 11 is 8.84. The number of rotatable bonds is 3. The van der Waals surface area contributed by atoms with Gasteiger partial charge in [-0.15, -0.1) is 0 Å². The van der Waals surface area contributed by atoms with E-state index >= 15 is 0 Å². The average Bonchev–Trinajstić information content (AvgIpc) is 2.35. The fourth-order valence-corrected chi connectivity index (χ4v) is 2.53. The second kappa shape index (κ2) is 6.12. The Morgan fingerprint density at radius 2 is 2.11 bits per heavy atom. The summed E-state index contributed by atoms with van der Waals surface area (Å²) in [5.74, 6) is 1.44. The molecule has 0 saturated carbocycles. The molecule has 0 bridgehead atoms. The summed E-state index contributed by atoms with van der Waals surface area (Å²) in [5.41, 5.74) is 1.13. The van der Waals surface area contributed by atoms with Crippen molar-refractivity contribution in [2.24, 2.45) is 5.92 Å².